The van der Waals surface area contributed by atoms with Gasteiger partial charge in [-0.1, -0.05) is 0 Å². The fraction of sp³-hybridized carbons (Fsp3) is 0.400. The summed E-state index contributed by atoms with van der Waals surface area (Å²) < 4.78 is 0. The maximum absolute atomic E-state index is 11.6. The van der Waals surface area contributed by atoms with Crippen molar-refractivity contribution in [3.8, 4) is 0 Å². The first-order valence-corrected chi connectivity index (χ1v) is 6.17. The van der Waals surface area contributed by atoms with Crippen molar-refractivity contribution in [1.82, 2.24) is 10.2 Å². The topological polar surface area (TPSA) is 49.4 Å². The summed E-state index contributed by atoms with van der Waals surface area (Å²) in [6, 6.07) is 1.68. The van der Waals surface area contributed by atoms with E-state index >= 15 is 0 Å². The van der Waals surface area contributed by atoms with E-state index in [0.717, 1.165) is 4.90 Å². The Morgan fingerprint density at radius 2 is 2.25 bits per heavy atom. The van der Waals surface area contributed by atoms with Crippen LogP contribution in [0, 0.1) is 0 Å². The third kappa shape index (κ3) is 3.53. The standard InChI is InChI=1S/C10H14N2O2S2/c1-3-12(2)9(13)5-11-10(14)8-4-7(15)6-16-8/h4,6,15H,3,5H2,1-2H3,(H,11,14). The molecule has 1 aromatic heterocycles. The molecule has 0 aliphatic carbocycles. The van der Waals surface area contributed by atoms with Crippen LogP contribution in [0.25, 0.3) is 0 Å². The van der Waals surface area contributed by atoms with Gasteiger partial charge in [0.15, 0.2) is 0 Å². The van der Waals surface area contributed by atoms with E-state index in [9.17, 15) is 9.59 Å². The van der Waals surface area contributed by atoms with Gasteiger partial charge in [0, 0.05) is 23.9 Å². The van der Waals surface area contributed by atoms with Gasteiger partial charge in [-0.2, -0.15) is 0 Å². The van der Waals surface area contributed by atoms with E-state index in [2.05, 4.69) is 17.9 Å². The Labute approximate surface area is 104 Å². The number of thiophene rings is 1. The molecular weight excluding hydrogens is 244 g/mol. The van der Waals surface area contributed by atoms with Gasteiger partial charge >= 0.3 is 0 Å². The largest absolute Gasteiger partial charge is 0.345 e. The minimum absolute atomic E-state index is 0.0307. The Balaban J connectivity index is 2.44. The first-order chi connectivity index (χ1) is 7.54. The molecule has 0 aliphatic rings. The van der Waals surface area contributed by atoms with Gasteiger partial charge in [0.05, 0.1) is 11.4 Å². The highest BCUT2D eigenvalue weighted by Crippen LogP contribution is 2.17. The van der Waals surface area contributed by atoms with E-state index in [0.29, 0.717) is 11.4 Å². The molecule has 88 valence electrons. The van der Waals surface area contributed by atoms with Crippen LogP contribution in [0.4, 0.5) is 0 Å². The summed E-state index contributed by atoms with van der Waals surface area (Å²) in [5.74, 6) is -0.332. The van der Waals surface area contributed by atoms with Gasteiger partial charge in [-0.15, -0.1) is 24.0 Å². The van der Waals surface area contributed by atoms with Gasteiger partial charge in [-0.25, -0.2) is 0 Å². The van der Waals surface area contributed by atoms with Gasteiger partial charge in [0.25, 0.3) is 5.91 Å². The molecule has 0 bridgehead atoms. The lowest BCUT2D eigenvalue weighted by atomic mass is 10.4. The number of nitrogens with one attached hydrogen (secondary N) is 1. The molecule has 1 rings (SSSR count). The summed E-state index contributed by atoms with van der Waals surface area (Å²) in [5.41, 5.74) is 0. The SMILES string of the molecule is CCN(C)C(=O)CNC(=O)c1cc(S)cs1. The van der Waals surface area contributed by atoms with E-state index in [1.807, 2.05) is 6.92 Å². The van der Waals surface area contributed by atoms with Crippen LogP contribution in [0.1, 0.15) is 16.6 Å². The number of nitrogens with zero attached hydrogens (tertiary/aromatic N) is 1. The lowest BCUT2D eigenvalue weighted by molar-refractivity contribution is -0.128. The van der Waals surface area contributed by atoms with E-state index in [1.54, 1.807) is 23.4 Å². The molecule has 0 radical (unpaired) electrons. The van der Waals surface area contributed by atoms with Crippen LogP contribution in [0.15, 0.2) is 16.3 Å². The normalized spacial score (nSPS) is 9.94. The van der Waals surface area contributed by atoms with Gasteiger partial charge in [-0.05, 0) is 13.0 Å². The molecule has 0 atom stereocenters. The predicted octanol–water partition coefficient (Wildman–Crippen LogP) is 1.24. The van der Waals surface area contributed by atoms with Crippen LogP contribution in [-0.4, -0.2) is 36.9 Å². The Hall–Kier alpha value is -1.01. The Morgan fingerprint density at radius 3 is 2.75 bits per heavy atom. The molecule has 1 aromatic rings. The van der Waals surface area contributed by atoms with Gasteiger partial charge in [0.2, 0.25) is 5.91 Å². The lowest BCUT2D eigenvalue weighted by Gasteiger charge is -2.14. The van der Waals surface area contributed by atoms with Crippen molar-refractivity contribution in [2.24, 2.45) is 0 Å². The van der Waals surface area contributed by atoms with E-state index in [1.165, 1.54) is 11.3 Å². The second kappa shape index (κ2) is 5.91. The molecule has 0 unspecified atom stereocenters. The van der Waals surface area contributed by atoms with Crippen LogP contribution in [0.5, 0.6) is 0 Å². The van der Waals surface area contributed by atoms with E-state index in [-0.39, 0.29) is 18.4 Å². The van der Waals surface area contributed by atoms with E-state index in [4.69, 9.17) is 0 Å². The van der Waals surface area contributed by atoms with Crippen LogP contribution in [0.2, 0.25) is 0 Å². The quantitative estimate of drug-likeness (QED) is 0.798. The Morgan fingerprint density at radius 1 is 1.56 bits per heavy atom. The van der Waals surface area contributed by atoms with Crippen molar-refractivity contribution < 1.29 is 9.59 Å². The number of amides is 2. The highest BCUT2D eigenvalue weighted by atomic mass is 32.1. The molecule has 0 fully saturated rings. The zero-order valence-electron chi connectivity index (χ0n) is 9.19. The molecular formula is C10H14N2O2S2. The molecule has 0 saturated heterocycles. The zero-order chi connectivity index (χ0) is 12.1. The zero-order valence-corrected chi connectivity index (χ0v) is 10.9. The number of rotatable bonds is 4. The third-order valence-electron chi connectivity index (χ3n) is 2.11. The summed E-state index contributed by atoms with van der Waals surface area (Å²) in [6.45, 7) is 2.55. The second-order valence-electron chi connectivity index (χ2n) is 3.26. The summed E-state index contributed by atoms with van der Waals surface area (Å²) in [6.07, 6.45) is 0. The lowest BCUT2D eigenvalue weighted by Crippen LogP contribution is -2.37. The summed E-state index contributed by atoms with van der Waals surface area (Å²) in [7, 11) is 1.70. The minimum atomic E-state index is -0.233. The van der Waals surface area contributed by atoms with Crippen molar-refractivity contribution in [2.45, 2.75) is 11.8 Å². The highest BCUT2D eigenvalue weighted by Gasteiger charge is 2.11. The fourth-order valence-corrected chi connectivity index (χ4v) is 2.06. The molecule has 1 heterocycles. The Kier molecular flexibility index (Phi) is 4.82. The summed E-state index contributed by atoms with van der Waals surface area (Å²) >= 11 is 5.42. The second-order valence-corrected chi connectivity index (χ2v) is 4.69. The smallest absolute Gasteiger partial charge is 0.261 e. The molecule has 16 heavy (non-hydrogen) atoms. The third-order valence-corrected chi connectivity index (χ3v) is 3.47. The Bertz CT molecular complexity index is 390. The van der Waals surface area contributed by atoms with Crippen molar-refractivity contribution in [3.63, 3.8) is 0 Å². The average Bonchev–Trinajstić information content (AvgIpc) is 2.71. The highest BCUT2D eigenvalue weighted by molar-refractivity contribution is 7.80. The van der Waals surface area contributed by atoms with Crippen LogP contribution in [0.3, 0.4) is 0 Å². The molecule has 0 aromatic carbocycles. The van der Waals surface area contributed by atoms with Crippen molar-refractivity contribution in [2.75, 3.05) is 20.1 Å². The number of thiol groups is 1. The van der Waals surface area contributed by atoms with Gasteiger partial charge < -0.3 is 10.2 Å². The number of carbonyl (C=O) groups excluding carboxylic acids is 2. The molecule has 6 heteroatoms. The maximum atomic E-state index is 11.6. The van der Waals surface area contributed by atoms with E-state index < -0.39 is 0 Å². The molecule has 0 spiro atoms. The van der Waals surface area contributed by atoms with Gasteiger partial charge in [-0.3, -0.25) is 9.59 Å². The maximum Gasteiger partial charge on any atom is 0.261 e. The van der Waals surface area contributed by atoms with Gasteiger partial charge in [0.1, 0.15) is 0 Å². The van der Waals surface area contributed by atoms with Crippen molar-refractivity contribution in [1.29, 1.82) is 0 Å². The number of hydrogen-bond acceptors (Lipinski definition) is 4. The van der Waals surface area contributed by atoms with Crippen LogP contribution in [-0.2, 0) is 4.79 Å². The van der Waals surface area contributed by atoms with Crippen LogP contribution >= 0.6 is 24.0 Å². The number of carbonyl (C=O) groups is 2. The fourth-order valence-electron chi connectivity index (χ4n) is 1.000. The monoisotopic (exact) mass is 258 g/mol. The number of likely N-dealkylation sites (N-methyl/N-ethyl adjacent to an activating group) is 1. The molecule has 0 saturated carbocycles. The predicted molar refractivity (Wildman–Crippen MR) is 67.2 cm³/mol. The summed E-state index contributed by atoms with van der Waals surface area (Å²) in [5, 5.41) is 4.35. The molecule has 4 nitrogen and oxygen atoms in total. The van der Waals surface area contributed by atoms with Crippen molar-refractivity contribution >= 4 is 35.8 Å². The minimum Gasteiger partial charge on any atom is -0.345 e. The summed E-state index contributed by atoms with van der Waals surface area (Å²) in [4.78, 5) is 25.9. The van der Waals surface area contributed by atoms with Crippen molar-refractivity contribution in [3.05, 3.63) is 16.3 Å². The molecule has 0 aliphatic heterocycles. The molecule has 2 amide bonds. The first-order valence-electron chi connectivity index (χ1n) is 4.84. The first kappa shape index (κ1) is 13.1. The molecule has 1 N–H and O–H groups in total. The van der Waals surface area contributed by atoms with Crippen LogP contribution < -0.4 is 5.32 Å². The number of hydrogen-bond donors (Lipinski definition) is 2. The average molecular weight is 258 g/mol.